The number of ether oxygens (including phenoxy) is 4. The fourth-order valence-corrected chi connectivity index (χ4v) is 4.12. The van der Waals surface area contributed by atoms with Gasteiger partial charge in [-0.1, -0.05) is 25.7 Å². The molecule has 0 unspecified atom stereocenters. The number of hydrogen-bond acceptors (Lipinski definition) is 8. The summed E-state index contributed by atoms with van der Waals surface area (Å²) in [6.07, 6.45) is 13.4. The standard InChI is InChI=1S/C24H38O8/c25-21(29-17-23(27)31-19-11-5-3-6-12-19)15-9-1-2-10-16-22(26)30-18-24(28)32-20-13-7-4-8-14-20/h19-20H,1-18H2. The summed E-state index contributed by atoms with van der Waals surface area (Å²) in [5.41, 5.74) is 0. The Hall–Kier alpha value is -2.12. The number of rotatable bonds is 13. The molecule has 8 heteroatoms. The molecule has 2 saturated carbocycles. The summed E-state index contributed by atoms with van der Waals surface area (Å²) in [4.78, 5) is 46.9. The van der Waals surface area contributed by atoms with Crippen LogP contribution in [0.4, 0.5) is 0 Å². The van der Waals surface area contributed by atoms with E-state index in [1.54, 1.807) is 0 Å². The monoisotopic (exact) mass is 454 g/mol. The van der Waals surface area contributed by atoms with Crippen molar-refractivity contribution >= 4 is 23.9 Å². The molecule has 0 amide bonds. The van der Waals surface area contributed by atoms with Crippen molar-refractivity contribution in [3.63, 3.8) is 0 Å². The predicted molar refractivity (Wildman–Crippen MR) is 116 cm³/mol. The van der Waals surface area contributed by atoms with Crippen LogP contribution >= 0.6 is 0 Å². The van der Waals surface area contributed by atoms with E-state index < -0.39 is 23.9 Å². The van der Waals surface area contributed by atoms with Crippen molar-refractivity contribution in [2.75, 3.05) is 13.2 Å². The van der Waals surface area contributed by atoms with E-state index in [1.807, 2.05) is 0 Å². The number of unbranched alkanes of at least 4 members (excludes halogenated alkanes) is 3. The third kappa shape index (κ3) is 12.1. The Labute approximate surface area is 190 Å². The summed E-state index contributed by atoms with van der Waals surface area (Å²) in [7, 11) is 0. The summed E-state index contributed by atoms with van der Waals surface area (Å²) in [5.74, 6) is -1.79. The van der Waals surface area contributed by atoms with Crippen molar-refractivity contribution in [2.45, 2.75) is 115 Å². The van der Waals surface area contributed by atoms with E-state index in [-0.39, 0.29) is 38.3 Å². The molecule has 2 aliphatic carbocycles. The zero-order valence-electron chi connectivity index (χ0n) is 19.1. The minimum Gasteiger partial charge on any atom is -0.460 e. The molecule has 0 aliphatic heterocycles. The molecule has 0 radical (unpaired) electrons. The van der Waals surface area contributed by atoms with Crippen LogP contribution in [-0.4, -0.2) is 49.3 Å². The second-order valence-electron chi connectivity index (χ2n) is 8.74. The quantitative estimate of drug-likeness (QED) is 0.232. The van der Waals surface area contributed by atoms with Crippen molar-refractivity contribution < 1.29 is 38.1 Å². The maximum atomic E-state index is 11.7. The SMILES string of the molecule is O=C(CCCCCCC(=O)OCC(=O)OC1CCCCC1)OCC(=O)OC1CCCCC1. The van der Waals surface area contributed by atoms with Gasteiger partial charge in [-0.25, -0.2) is 9.59 Å². The van der Waals surface area contributed by atoms with Gasteiger partial charge in [0.2, 0.25) is 0 Å². The van der Waals surface area contributed by atoms with Crippen LogP contribution in [0.5, 0.6) is 0 Å². The first kappa shape index (κ1) is 26.1. The van der Waals surface area contributed by atoms with E-state index in [4.69, 9.17) is 18.9 Å². The highest BCUT2D eigenvalue weighted by Crippen LogP contribution is 2.21. The van der Waals surface area contributed by atoms with Crippen LogP contribution in [-0.2, 0) is 38.1 Å². The van der Waals surface area contributed by atoms with Gasteiger partial charge in [0.15, 0.2) is 13.2 Å². The Morgan fingerprint density at radius 1 is 0.500 bits per heavy atom. The molecule has 0 spiro atoms. The van der Waals surface area contributed by atoms with Crippen molar-refractivity contribution in [3.05, 3.63) is 0 Å². The minimum atomic E-state index is -0.480. The van der Waals surface area contributed by atoms with Gasteiger partial charge in [0.05, 0.1) is 0 Å². The highest BCUT2D eigenvalue weighted by Gasteiger charge is 2.19. The van der Waals surface area contributed by atoms with E-state index in [0.717, 1.165) is 64.2 Å². The van der Waals surface area contributed by atoms with Gasteiger partial charge in [0.25, 0.3) is 0 Å². The molecule has 32 heavy (non-hydrogen) atoms. The van der Waals surface area contributed by atoms with E-state index >= 15 is 0 Å². The Morgan fingerprint density at radius 3 is 1.25 bits per heavy atom. The lowest BCUT2D eigenvalue weighted by molar-refractivity contribution is -0.163. The number of hydrogen-bond donors (Lipinski definition) is 0. The second-order valence-corrected chi connectivity index (χ2v) is 8.74. The summed E-state index contributed by atoms with van der Waals surface area (Å²) in [6.45, 7) is -0.658. The van der Waals surface area contributed by atoms with Gasteiger partial charge < -0.3 is 18.9 Å². The smallest absolute Gasteiger partial charge is 0.344 e. The molecule has 2 aliphatic rings. The lowest BCUT2D eigenvalue weighted by Crippen LogP contribution is -2.24. The molecule has 0 saturated heterocycles. The Balaban J connectivity index is 1.39. The van der Waals surface area contributed by atoms with Gasteiger partial charge in [-0.3, -0.25) is 9.59 Å². The summed E-state index contributed by atoms with van der Waals surface area (Å²) in [6, 6.07) is 0. The van der Waals surface area contributed by atoms with Gasteiger partial charge >= 0.3 is 23.9 Å². The predicted octanol–water partition coefficient (Wildman–Crippen LogP) is 4.17. The Bertz CT molecular complexity index is 539. The van der Waals surface area contributed by atoms with Gasteiger partial charge in [0.1, 0.15) is 12.2 Å². The molecule has 0 N–H and O–H groups in total. The van der Waals surface area contributed by atoms with Crippen molar-refractivity contribution in [2.24, 2.45) is 0 Å². The first-order chi connectivity index (χ1) is 15.5. The van der Waals surface area contributed by atoms with E-state index in [1.165, 1.54) is 12.8 Å². The Kier molecular flexibility index (Phi) is 12.8. The molecule has 2 rings (SSSR count). The van der Waals surface area contributed by atoms with Crippen molar-refractivity contribution in [1.82, 2.24) is 0 Å². The lowest BCUT2D eigenvalue weighted by atomic mass is 9.98. The normalized spacial score (nSPS) is 17.4. The first-order valence-corrected chi connectivity index (χ1v) is 12.2. The molecule has 182 valence electrons. The van der Waals surface area contributed by atoms with Crippen LogP contribution in [0.3, 0.4) is 0 Å². The molecule has 8 nitrogen and oxygen atoms in total. The molecular weight excluding hydrogens is 416 g/mol. The van der Waals surface area contributed by atoms with Gasteiger partial charge in [-0.05, 0) is 64.2 Å². The number of carbonyl (C=O) groups is 4. The highest BCUT2D eigenvalue weighted by molar-refractivity contribution is 5.77. The fourth-order valence-electron chi connectivity index (χ4n) is 4.12. The van der Waals surface area contributed by atoms with Crippen LogP contribution < -0.4 is 0 Å². The molecular formula is C24H38O8. The first-order valence-electron chi connectivity index (χ1n) is 12.2. The van der Waals surface area contributed by atoms with Crippen LogP contribution in [0.1, 0.15) is 103 Å². The van der Waals surface area contributed by atoms with Crippen molar-refractivity contribution in [1.29, 1.82) is 0 Å². The average molecular weight is 455 g/mol. The van der Waals surface area contributed by atoms with Gasteiger partial charge in [-0.2, -0.15) is 0 Å². The number of esters is 4. The molecule has 2 fully saturated rings. The second kappa shape index (κ2) is 15.6. The van der Waals surface area contributed by atoms with Gasteiger partial charge in [0, 0.05) is 12.8 Å². The zero-order chi connectivity index (χ0) is 23.0. The molecule has 0 aromatic rings. The molecule has 0 aromatic heterocycles. The van der Waals surface area contributed by atoms with Crippen LogP contribution in [0.2, 0.25) is 0 Å². The average Bonchev–Trinajstić information content (AvgIpc) is 2.80. The topological polar surface area (TPSA) is 105 Å². The highest BCUT2D eigenvalue weighted by atomic mass is 16.6. The Morgan fingerprint density at radius 2 is 0.875 bits per heavy atom. The largest absolute Gasteiger partial charge is 0.460 e. The third-order valence-electron chi connectivity index (χ3n) is 5.91. The molecule has 0 bridgehead atoms. The van der Waals surface area contributed by atoms with E-state index in [0.29, 0.717) is 12.8 Å². The van der Waals surface area contributed by atoms with Crippen LogP contribution in [0, 0.1) is 0 Å². The minimum absolute atomic E-state index is 0.0378. The maximum Gasteiger partial charge on any atom is 0.344 e. The molecule has 0 atom stereocenters. The van der Waals surface area contributed by atoms with Gasteiger partial charge in [-0.15, -0.1) is 0 Å². The number of carbonyl (C=O) groups excluding carboxylic acids is 4. The van der Waals surface area contributed by atoms with Crippen molar-refractivity contribution in [3.8, 4) is 0 Å². The maximum absolute atomic E-state index is 11.7. The van der Waals surface area contributed by atoms with E-state index in [9.17, 15) is 19.2 Å². The molecule has 0 aromatic carbocycles. The van der Waals surface area contributed by atoms with E-state index in [2.05, 4.69) is 0 Å². The van der Waals surface area contributed by atoms with Crippen LogP contribution in [0.25, 0.3) is 0 Å². The fraction of sp³-hybridized carbons (Fsp3) is 0.833. The molecule has 0 heterocycles. The summed E-state index contributed by atoms with van der Waals surface area (Å²) in [5, 5.41) is 0. The summed E-state index contributed by atoms with van der Waals surface area (Å²) < 4.78 is 20.5. The summed E-state index contributed by atoms with van der Waals surface area (Å²) >= 11 is 0. The third-order valence-corrected chi connectivity index (χ3v) is 5.91. The zero-order valence-corrected chi connectivity index (χ0v) is 19.1. The van der Waals surface area contributed by atoms with Crippen LogP contribution in [0.15, 0.2) is 0 Å². The lowest BCUT2D eigenvalue weighted by Gasteiger charge is -2.21.